The van der Waals surface area contributed by atoms with Gasteiger partial charge in [-0.05, 0) is 35.0 Å². The van der Waals surface area contributed by atoms with Crippen LogP contribution in [0.15, 0.2) is 51.5 Å². The van der Waals surface area contributed by atoms with Crippen molar-refractivity contribution in [3.8, 4) is 0 Å². The highest BCUT2D eigenvalue weighted by molar-refractivity contribution is 9.10. The number of anilines is 1. The number of rotatable bonds is 4. The first-order valence-corrected chi connectivity index (χ1v) is 7.31. The molecular weight excluding hydrogens is 352 g/mol. The SMILES string of the molecule is C=CCOC(=O)C1=C(C)Nc2ncnn2C1c1ccc(Br)o1. The highest BCUT2D eigenvalue weighted by Crippen LogP contribution is 2.36. The first kappa shape index (κ1) is 14.6. The quantitative estimate of drug-likeness (QED) is 0.663. The van der Waals surface area contributed by atoms with Gasteiger partial charge in [-0.25, -0.2) is 9.48 Å². The number of aromatic nitrogens is 3. The average Bonchev–Trinajstić information content (AvgIpc) is 3.11. The zero-order chi connectivity index (χ0) is 15.7. The normalized spacial score (nSPS) is 16.9. The van der Waals surface area contributed by atoms with Crippen LogP contribution in [0.3, 0.4) is 0 Å². The Morgan fingerprint density at radius 3 is 3.14 bits per heavy atom. The van der Waals surface area contributed by atoms with Crippen molar-refractivity contribution in [3.63, 3.8) is 0 Å². The van der Waals surface area contributed by atoms with E-state index in [-0.39, 0.29) is 6.61 Å². The van der Waals surface area contributed by atoms with Crippen LogP contribution in [-0.2, 0) is 9.53 Å². The van der Waals surface area contributed by atoms with Gasteiger partial charge in [-0.15, -0.1) is 0 Å². The number of carbonyl (C=O) groups excluding carboxylic acids is 1. The Balaban J connectivity index is 2.08. The summed E-state index contributed by atoms with van der Waals surface area (Å²) in [6, 6.07) is 3.00. The number of halogens is 1. The minimum absolute atomic E-state index is 0.133. The number of carbonyl (C=O) groups is 1. The zero-order valence-corrected chi connectivity index (χ0v) is 13.3. The van der Waals surface area contributed by atoms with E-state index in [1.54, 1.807) is 23.7 Å². The van der Waals surface area contributed by atoms with E-state index in [0.29, 0.717) is 27.6 Å². The summed E-state index contributed by atoms with van der Waals surface area (Å²) in [5, 5.41) is 7.22. The van der Waals surface area contributed by atoms with Gasteiger partial charge < -0.3 is 14.5 Å². The van der Waals surface area contributed by atoms with E-state index in [4.69, 9.17) is 9.15 Å². The molecule has 0 saturated carbocycles. The van der Waals surface area contributed by atoms with Crippen LogP contribution in [0.1, 0.15) is 18.7 Å². The molecule has 0 spiro atoms. The number of fused-ring (bicyclic) bond motifs is 1. The number of hydrogen-bond acceptors (Lipinski definition) is 6. The first-order chi connectivity index (χ1) is 10.6. The van der Waals surface area contributed by atoms with Gasteiger partial charge in [0.25, 0.3) is 0 Å². The third-order valence-corrected chi connectivity index (χ3v) is 3.64. The lowest BCUT2D eigenvalue weighted by Gasteiger charge is -2.26. The van der Waals surface area contributed by atoms with Crippen LogP contribution in [0.2, 0.25) is 0 Å². The fourth-order valence-electron chi connectivity index (χ4n) is 2.31. The van der Waals surface area contributed by atoms with E-state index < -0.39 is 12.0 Å². The molecule has 0 radical (unpaired) electrons. The summed E-state index contributed by atoms with van der Waals surface area (Å²) in [5.74, 6) is 0.642. The lowest BCUT2D eigenvalue weighted by Crippen LogP contribution is -2.29. The molecule has 2 aromatic heterocycles. The molecule has 0 amide bonds. The van der Waals surface area contributed by atoms with E-state index >= 15 is 0 Å². The van der Waals surface area contributed by atoms with Gasteiger partial charge in [0, 0.05) is 5.70 Å². The number of ether oxygens (including phenoxy) is 1. The van der Waals surface area contributed by atoms with Crippen LogP contribution in [0.4, 0.5) is 5.95 Å². The molecule has 8 heteroatoms. The molecule has 1 aliphatic rings. The zero-order valence-electron chi connectivity index (χ0n) is 11.7. The largest absolute Gasteiger partial charge is 0.458 e. The van der Waals surface area contributed by atoms with Gasteiger partial charge in [-0.1, -0.05) is 12.7 Å². The summed E-state index contributed by atoms with van der Waals surface area (Å²) < 4.78 is 13.0. The third kappa shape index (κ3) is 2.45. The molecule has 22 heavy (non-hydrogen) atoms. The molecule has 1 aliphatic heterocycles. The molecule has 0 fully saturated rings. The summed E-state index contributed by atoms with van der Waals surface area (Å²) in [4.78, 5) is 16.5. The summed E-state index contributed by atoms with van der Waals surface area (Å²) >= 11 is 3.27. The van der Waals surface area contributed by atoms with Crippen molar-refractivity contribution < 1.29 is 13.9 Å². The van der Waals surface area contributed by atoms with Crippen molar-refractivity contribution in [2.24, 2.45) is 0 Å². The van der Waals surface area contributed by atoms with Gasteiger partial charge >= 0.3 is 5.97 Å². The highest BCUT2D eigenvalue weighted by Gasteiger charge is 2.36. The van der Waals surface area contributed by atoms with E-state index in [0.717, 1.165) is 0 Å². The van der Waals surface area contributed by atoms with E-state index in [1.807, 2.05) is 0 Å². The second-order valence-corrected chi connectivity index (χ2v) is 5.41. The predicted molar refractivity (Wildman–Crippen MR) is 82.0 cm³/mol. The predicted octanol–water partition coefficient (Wildman–Crippen LogP) is 2.65. The van der Waals surface area contributed by atoms with E-state index in [2.05, 4.69) is 37.9 Å². The summed E-state index contributed by atoms with van der Waals surface area (Å²) in [6.45, 7) is 5.46. The van der Waals surface area contributed by atoms with E-state index in [1.165, 1.54) is 12.4 Å². The van der Waals surface area contributed by atoms with Crippen molar-refractivity contribution in [1.29, 1.82) is 0 Å². The minimum atomic E-state index is -0.539. The molecule has 3 heterocycles. The number of allylic oxidation sites excluding steroid dienone is 1. The van der Waals surface area contributed by atoms with Crippen molar-refractivity contribution >= 4 is 27.8 Å². The van der Waals surface area contributed by atoms with Crippen LogP contribution in [0.25, 0.3) is 0 Å². The minimum Gasteiger partial charge on any atom is -0.458 e. The van der Waals surface area contributed by atoms with Crippen molar-refractivity contribution in [1.82, 2.24) is 14.8 Å². The van der Waals surface area contributed by atoms with Crippen LogP contribution in [0.5, 0.6) is 0 Å². The number of hydrogen-bond donors (Lipinski definition) is 1. The molecule has 1 N–H and O–H groups in total. The Morgan fingerprint density at radius 1 is 1.64 bits per heavy atom. The maximum Gasteiger partial charge on any atom is 0.338 e. The molecule has 114 valence electrons. The Bertz CT molecular complexity index is 762. The molecule has 7 nitrogen and oxygen atoms in total. The summed E-state index contributed by atoms with van der Waals surface area (Å²) in [6.07, 6.45) is 2.93. The fraction of sp³-hybridized carbons (Fsp3) is 0.214. The van der Waals surface area contributed by atoms with Gasteiger partial charge in [0.05, 0.1) is 5.57 Å². The number of nitrogens with one attached hydrogen (secondary N) is 1. The summed E-state index contributed by atoms with van der Waals surface area (Å²) in [5.41, 5.74) is 1.06. The van der Waals surface area contributed by atoms with Crippen LogP contribution in [-0.4, -0.2) is 27.3 Å². The summed E-state index contributed by atoms with van der Waals surface area (Å²) in [7, 11) is 0. The Morgan fingerprint density at radius 2 is 2.45 bits per heavy atom. The van der Waals surface area contributed by atoms with Gasteiger partial charge in [-0.2, -0.15) is 10.1 Å². The smallest absolute Gasteiger partial charge is 0.338 e. The van der Waals surface area contributed by atoms with Crippen LogP contribution >= 0.6 is 15.9 Å². The molecule has 0 saturated heterocycles. The Labute approximate surface area is 134 Å². The second kappa shape index (κ2) is 5.80. The monoisotopic (exact) mass is 364 g/mol. The number of nitrogens with zero attached hydrogens (tertiary/aromatic N) is 3. The molecular formula is C14H13BrN4O3. The van der Waals surface area contributed by atoms with Gasteiger partial charge in [0.2, 0.25) is 5.95 Å². The lowest BCUT2D eigenvalue weighted by molar-refractivity contribution is -0.138. The third-order valence-electron chi connectivity index (χ3n) is 3.21. The first-order valence-electron chi connectivity index (χ1n) is 6.52. The molecule has 1 atom stereocenters. The molecule has 0 aromatic carbocycles. The Hall–Kier alpha value is -2.35. The van der Waals surface area contributed by atoms with Crippen LogP contribution in [0, 0.1) is 0 Å². The van der Waals surface area contributed by atoms with Crippen molar-refractivity contribution in [3.05, 3.63) is 52.8 Å². The van der Waals surface area contributed by atoms with Gasteiger partial charge in [0.15, 0.2) is 4.67 Å². The maximum absolute atomic E-state index is 12.4. The molecule has 0 bridgehead atoms. The van der Waals surface area contributed by atoms with Crippen LogP contribution < -0.4 is 5.32 Å². The molecule has 3 rings (SSSR count). The van der Waals surface area contributed by atoms with Gasteiger partial charge in [-0.3, -0.25) is 0 Å². The fourth-order valence-corrected chi connectivity index (χ4v) is 2.63. The lowest BCUT2D eigenvalue weighted by atomic mass is 10.0. The number of furan rings is 1. The topological polar surface area (TPSA) is 82.2 Å². The van der Waals surface area contributed by atoms with Crippen molar-refractivity contribution in [2.75, 3.05) is 11.9 Å². The van der Waals surface area contributed by atoms with E-state index in [9.17, 15) is 4.79 Å². The molecule has 2 aromatic rings. The second-order valence-electron chi connectivity index (χ2n) is 4.62. The molecule has 0 aliphatic carbocycles. The average molecular weight is 365 g/mol. The maximum atomic E-state index is 12.4. The standard InChI is InChI=1S/C14H13BrN4O3/c1-3-6-21-13(20)11-8(2)18-14-16-7-17-19(14)12(11)9-4-5-10(15)22-9/h3-5,7,12H,1,6H2,2H3,(H,16,17,18). The number of esters is 1. The Kier molecular flexibility index (Phi) is 3.84. The molecule has 1 unspecified atom stereocenters. The highest BCUT2D eigenvalue weighted by atomic mass is 79.9. The van der Waals surface area contributed by atoms with Crippen molar-refractivity contribution in [2.45, 2.75) is 13.0 Å². The van der Waals surface area contributed by atoms with Gasteiger partial charge in [0.1, 0.15) is 24.7 Å².